The number of fused-ring (bicyclic) bond motifs is 1. The molecule has 9 nitrogen and oxygen atoms in total. The molecule has 0 bridgehead atoms. The third-order valence-corrected chi connectivity index (χ3v) is 5.30. The third kappa shape index (κ3) is 3.06. The van der Waals surface area contributed by atoms with Crippen molar-refractivity contribution in [2.75, 3.05) is 11.9 Å². The first kappa shape index (κ1) is 16.9. The van der Waals surface area contributed by atoms with Crippen molar-refractivity contribution >= 4 is 12.2 Å². The maximum atomic E-state index is 10.2. The molecular formula is C16H25N5O4. The summed E-state index contributed by atoms with van der Waals surface area (Å²) in [5.74, 6) is 0.679. The highest BCUT2D eigenvalue weighted by atomic mass is 16.6. The van der Waals surface area contributed by atoms with Crippen LogP contribution in [0.4, 0.5) is 5.82 Å². The summed E-state index contributed by atoms with van der Waals surface area (Å²) < 4.78 is 7.25. The summed E-state index contributed by atoms with van der Waals surface area (Å²) in [6.45, 7) is -0.355. The van der Waals surface area contributed by atoms with Crippen LogP contribution in [0, 0.1) is 0 Å². The number of nitrogens with zero attached hydrogens (tertiary/aromatic N) is 3. The van der Waals surface area contributed by atoms with E-state index < -0.39 is 24.5 Å². The number of rotatable bonds is 4. The van der Waals surface area contributed by atoms with Crippen LogP contribution in [0.15, 0.2) is 11.3 Å². The van der Waals surface area contributed by atoms with Gasteiger partial charge in [-0.15, -0.1) is 0 Å². The van der Waals surface area contributed by atoms with Gasteiger partial charge in [-0.05, 0) is 12.8 Å². The van der Waals surface area contributed by atoms with Crippen LogP contribution < -0.4 is 10.6 Å². The molecule has 1 saturated carbocycles. The number of anilines is 1. The molecule has 2 fully saturated rings. The predicted octanol–water partition coefficient (Wildman–Crippen LogP) is -0.131. The Balaban J connectivity index is 1.54. The van der Waals surface area contributed by atoms with E-state index in [-0.39, 0.29) is 12.8 Å². The molecule has 0 aromatic carbocycles. The number of aliphatic hydroxyl groups is 3. The van der Waals surface area contributed by atoms with Crippen molar-refractivity contribution < 1.29 is 20.1 Å². The molecule has 138 valence electrons. The quantitative estimate of drug-likeness (QED) is 0.512. The summed E-state index contributed by atoms with van der Waals surface area (Å²) >= 11 is 0. The van der Waals surface area contributed by atoms with Crippen LogP contribution in [0.3, 0.4) is 0 Å². The van der Waals surface area contributed by atoms with Crippen LogP contribution in [0.5, 0.6) is 0 Å². The molecule has 3 aliphatic rings. The molecule has 1 aromatic heterocycles. The Bertz CT molecular complexity index is 630. The van der Waals surface area contributed by atoms with Gasteiger partial charge in [-0.25, -0.2) is 9.98 Å². The standard InChI is InChI=1S/C16H25N5O4/c22-6-10-12(23)13(24)16(25-10)21-8-19-11-14(17-7-18-15(11)21)20-9-4-2-1-3-5-9/h7-10,12-14,16,20,22-24H,1-6H2,(H,17,18)/t10-,12-,13-,14?,16-/m1/s1. The Hall–Kier alpha value is -1.52. The van der Waals surface area contributed by atoms with Crippen molar-refractivity contribution in [3.63, 3.8) is 0 Å². The third-order valence-electron chi connectivity index (χ3n) is 5.30. The summed E-state index contributed by atoms with van der Waals surface area (Å²) in [7, 11) is 0. The summed E-state index contributed by atoms with van der Waals surface area (Å²) in [5.41, 5.74) is 0.741. The second kappa shape index (κ2) is 7.00. The zero-order valence-corrected chi connectivity index (χ0v) is 14.0. The van der Waals surface area contributed by atoms with E-state index in [1.165, 1.54) is 19.3 Å². The van der Waals surface area contributed by atoms with Gasteiger partial charge < -0.3 is 25.4 Å². The maximum absolute atomic E-state index is 10.2. The zero-order chi connectivity index (χ0) is 17.4. The largest absolute Gasteiger partial charge is 0.394 e. The topological polar surface area (TPSA) is 124 Å². The second-order valence-electron chi connectivity index (χ2n) is 6.94. The van der Waals surface area contributed by atoms with E-state index in [4.69, 9.17) is 4.74 Å². The van der Waals surface area contributed by atoms with Gasteiger partial charge in [0.25, 0.3) is 0 Å². The number of imidazole rings is 1. The van der Waals surface area contributed by atoms with Crippen molar-refractivity contribution in [1.29, 1.82) is 0 Å². The normalized spacial score (nSPS) is 35.6. The van der Waals surface area contributed by atoms with E-state index in [0.717, 1.165) is 18.5 Å². The molecule has 1 aliphatic carbocycles. The SMILES string of the molecule is OC[C@H]1O[C@@H](n2cnc3c2NC=NC3NC2CCCCC2)[C@H](O)[C@@H]1O. The van der Waals surface area contributed by atoms with Gasteiger partial charge in [0.05, 0.1) is 19.3 Å². The van der Waals surface area contributed by atoms with Crippen LogP contribution in [0.25, 0.3) is 0 Å². The average Bonchev–Trinajstić information content (AvgIpc) is 3.18. The molecule has 5 atom stereocenters. The highest BCUT2D eigenvalue weighted by Gasteiger charge is 2.44. The van der Waals surface area contributed by atoms with Crippen LogP contribution in [0.1, 0.15) is 50.2 Å². The number of nitrogens with one attached hydrogen (secondary N) is 2. The van der Waals surface area contributed by atoms with Gasteiger partial charge in [0.2, 0.25) is 0 Å². The molecule has 4 rings (SSSR count). The fourth-order valence-electron chi connectivity index (χ4n) is 3.88. The molecule has 3 heterocycles. The van der Waals surface area contributed by atoms with Crippen molar-refractivity contribution in [1.82, 2.24) is 14.9 Å². The minimum Gasteiger partial charge on any atom is -0.394 e. The van der Waals surface area contributed by atoms with Crippen molar-refractivity contribution in [2.24, 2.45) is 4.99 Å². The van der Waals surface area contributed by atoms with Gasteiger partial charge in [-0.1, -0.05) is 19.3 Å². The Kier molecular flexibility index (Phi) is 4.74. The van der Waals surface area contributed by atoms with Crippen LogP contribution in [-0.2, 0) is 4.74 Å². The van der Waals surface area contributed by atoms with Crippen molar-refractivity contribution in [2.45, 2.75) is 68.9 Å². The summed E-state index contributed by atoms with van der Waals surface area (Å²) in [6.07, 6.45) is 5.09. The molecule has 0 radical (unpaired) electrons. The lowest BCUT2D eigenvalue weighted by Crippen LogP contribution is -2.36. The number of aliphatic imine (C=N–C) groups is 1. The molecule has 9 heteroatoms. The maximum Gasteiger partial charge on any atom is 0.165 e. The fourth-order valence-corrected chi connectivity index (χ4v) is 3.88. The van der Waals surface area contributed by atoms with E-state index in [9.17, 15) is 15.3 Å². The number of ether oxygens (including phenoxy) is 1. The smallest absolute Gasteiger partial charge is 0.165 e. The molecule has 1 aromatic rings. The van der Waals surface area contributed by atoms with E-state index >= 15 is 0 Å². The summed E-state index contributed by atoms with van der Waals surface area (Å²) in [6, 6.07) is 0.431. The number of aromatic nitrogens is 2. The lowest BCUT2D eigenvalue weighted by atomic mass is 9.95. The Morgan fingerprint density at radius 1 is 1.24 bits per heavy atom. The molecule has 0 amide bonds. The van der Waals surface area contributed by atoms with Crippen LogP contribution in [-0.4, -0.2) is 62.2 Å². The van der Waals surface area contributed by atoms with Gasteiger partial charge >= 0.3 is 0 Å². The highest BCUT2D eigenvalue weighted by molar-refractivity contribution is 5.78. The molecule has 1 saturated heterocycles. The van der Waals surface area contributed by atoms with E-state index in [1.54, 1.807) is 17.2 Å². The van der Waals surface area contributed by atoms with E-state index in [2.05, 4.69) is 20.6 Å². The van der Waals surface area contributed by atoms with Gasteiger partial charge in [-0.3, -0.25) is 9.88 Å². The van der Waals surface area contributed by atoms with Crippen LogP contribution in [0.2, 0.25) is 0 Å². The predicted molar refractivity (Wildman–Crippen MR) is 90.1 cm³/mol. The Morgan fingerprint density at radius 2 is 2.04 bits per heavy atom. The molecule has 25 heavy (non-hydrogen) atoms. The summed E-state index contributed by atoms with van der Waals surface area (Å²) in [5, 5.41) is 36.1. The zero-order valence-electron chi connectivity index (χ0n) is 14.0. The Labute approximate surface area is 145 Å². The minimum atomic E-state index is -1.14. The van der Waals surface area contributed by atoms with Gasteiger partial charge in [0.15, 0.2) is 6.23 Å². The second-order valence-corrected chi connectivity index (χ2v) is 6.94. The first-order chi connectivity index (χ1) is 12.2. The van der Waals surface area contributed by atoms with Gasteiger partial charge in [0.1, 0.15) is 36.0 Å². The van der Waals surface area contributed by atoms with Gasteiger partial charge in [0, 0.05) is 6.04 Å². The monoisotopic (exact) mass is 351 g/mol. The van der Waals surface area contributed by atoms with Crippen LogP contribution >= 0.6 is 0 Å². The number of hydrogen-bond acceptors (Lipinski definition) is 8. The molecular weight excluding hydrogens is 326 g/mol. The fraction of sp³-hybridized carbons (Fsp3) is 0.750. The lowest BCUT2D eigenvalue weighted by Gasteiger charge is -2.28. The lowest BCUT2D eigenvalue weighted by molar-refractivity contribution is -0.0518. The first-order valence-corrected chi connectivity index (χ1v) is 8.92. The Morgan fingerprint density at radius 3 is 2.76 bits per heavy atom. The summed E-state index contributed by atoms with van der Waals surface area (Å²) in [4.78, 5) is 8.90. The average molecular weight is 351 g/mol. The first-order valence-electron chi connectivity index (χ1n) is 8.92. The minimum absolute atomic E-state index is 0.238. The molecule has 1 unspecified atom stereocenters. The van der Waals surface area contributed by atoms with Gasteiger partial charge in [-0.2, -0.15) is 0 Å². The molecule has 0 spiro atoms. The van der Waals surface area contributed by atoms with E-state index in [1.807, 2.05) is 0 Å². The van der Waals surface area contributed by atoms with Crippen molar-refractivity contribution in [3.05, 3.63) is 12.0 Å². The molecule has 2 aliphatic heterocycles. The number of hydrogen-bond donors (Lipinski definition) is 5. The molecule has 5 N–H and O–H groups in total. The highest BCUT2D eigenvalue weighted by Crippen LogP contribution is 2.35. The van der Waals surface area contributed by atoms with Crippen molar-refractivity contribution in [3.8, 4) is 0 Å². The van der Waals surface area contributed by atoms with E-state index in [0.29, 0.717) is 11.9 Å². The number of aliphatic hydroxyl groups excluding tert-OH is 3.